The third-order valence-electron chi connectivity index (χ3n) is 3.27. The lowest BCUT2D eigenvalue weighted by Crippen LogP contribution is -2.00. The van der Waals surface area contributed by atoms with Crippen molar-refractivity contribution in [1.82, 2.24) is 4.98 Å². The first-order chi connectivity index (χ1) is 8.71. The van der Waals surface area contributed by atoms with Crippen LogP contribution < -0.4 is 0 Å². The first kappa shape index (κ1) is 11.4. The molecule has 0 atom stereocenters. The third kappa shape index (κ3) is 2.14. The number of hydrogen-bond donors (Lipinski definition) is 0. The molecule has 0 N–H and O–H groups in total. The molecule has 1 aliphatic carbocycles. The zero-order chi connectivity index (χ0) is 12.6. The van der Waals surface area contributed by atoms with Gasteiger partial charge in [0.25, 0.3) is 0 Å². The maximum atomic E-state index is 12.8. The summed E-state index contributed by atoms with van der Waals surface area (Å²) < 4.78 is 12.8. The van der Waals surface area contributed by atoms with Gasteiger partial charge in [0.05, 0.1) is 22.2 Å². The zero-order valence-electron chi connectivity index (χ0n) is 9.69. The lowest BCUT2D eigenvalue weighted by molar-refractivity contribution is 0.628. The largest absolute Gasteiger partial charge is 0.241 e. The minimum atomic E-state index is -0.240. The smallest absolute Gasteiger partial charge is 0.123 e. The van der Waals surface area contributed by atoms with Gasteiger partial charge < -0.3 is 0 Å². The van der Waals surface area contributed by atoms with E-state index in [-0.39, 0.29) is 11.2 Å². The Kier molecular flexibility index (Phi) is 2.64. The molecule has 1 heterocycles. The molecular weight excluding hydrogens is 247 g/mol. The molecule has 1 aromatic carbocycles. The predicted molar refractivity (Wildman–Crippen MR) is 68.5 cm³/mol. The van der Waals surface area contributed by atoms with Crippen molar-refractivity contribution >= 4 is 11.3 Å². The lowest BCUT2D eigenvalue weighted by Gasteiger charge is -2.00. The Labute approximate surface area is 109 Å². The fraction of sp³-hybridized carbons (Fsp3) is 0.286. The molecule has 0 radical (unpaired) electrons. The van der Waals surface area contributed by atoms with Crippen molar-refractivity contribution in [3.8, 4) is 17.3 Å². The minimum Gasteiger partial charge on any atom is -0.241 e. The highest BCUT2D eigenvalue weighted by Gasteiger charge is 2.43. The van der Waals surface area contributed by atoms with Gasteiger partial charge in [-0.1, -0.05) is 0 Å². The van der Waals surface area contributed by atoms with E-state index in [0.29, 0.717) is 0 Å². The van der Waals surface area contributed by atoms with E-state index >= 15 is 0 Å². The van der Waals surface area contributed by atoms with Gasteiger partial charge in [0, 0.05) is 17.4 Å². The average Bonchev–Trinajstić information content (AvgIpc) is 3.00. The molecule has 0 aliphatic heterocycles. The van der Waals surface area contributed by atoms with Crippen molar-refractivity contribution in [1.29, 1.82) is 5.26 Å². The Bertz CT molecular complexity index is 605. The van der Waals surface area contributed by atoms with E-state index in [9.17, 15) is 4.39 Å². The van der Waals surface area contributed by atoms with Gasteiger partial charge in [-0.15, -0.1) is 11.3 Å². The van der Waals surface area contributed by atoms with E-state index in [4.69, 9.17) is 5.26 Å². The van der Waals surface area contributed by atoms with E-state index in [1.807, 2.05) is 5.38 Å². The molecular formula is C14H11FN2S. The molecule has 2 aromatic rings. The van der Waals surface area contributed by atoms with E-state index in [1.54, 1.807) is 23.5 Å². The molecule has 1 saturated carbocycles. The van der Waals surface area contributed by atoms with Crippen molar-refractivity contribution < 1.29 is 4.39 Å². The zero-order valence-corrected chi connectivity index (χ0v) is 10.5. The standard InChI is InChI=1S/C14H11FN2S/c15-11-3-1-10(2-4-11)12-8-18-13(17-12)7-14(9-16)5-6-14/h1-4,8H,5-7H2. The summed E-state index contributed by atoms with van der Waals surface area (Å²) in [5.41, 5.74) is 1.63. The first-order valence-corrected chi connectivity index (χ1v) is 6.70. The second-order valence-corrected chi connectivity index (χ2v) is 5.64. The van der Waals surface area contributed by atoms with Crippen LogP contribution in [0.25, 0.3) is 11.3 Å². The highest BCUT2D eigenvalue weighted by Crippen LogP contribution is 2.48. The topological polar surface area (TPSA) is 36.7 Å². The molecule has 3 rings (SSSR count). The summed E-state index contributed by atoms with van der Waals surface area (Å²) in [6, 6.07) is 8.70. The number of benzene rings is 1. The van der Waals surface area contributed by atoms with Crippen LogP contribution in [0.5, 0.6) is 0 Å². The predicted octanol–water partition coefficient (Wildman–Crippen LogP) is 3.80. The van der Waals surface area contributed by atoms with Crippen molar-refractivity contribution in [2.45, 2.75) is 19.3 Å². The number of nitrogens with zero attached hydrogens (tertiary/aromatic N) is 2. The van der Waals surface area contributed by atoms with Crippen molar-refractivity contribution in [3.05, 3.63) is 40.5 Å². The Morgan fingerprint density at radius 2 is 2.06 bits per heavy atom. The van der Waals surface area contributed by atoms with Crippen molar-refractivity contribution in [3.63, 3.8) is 0 Å². The Balaban J connectivity index is 1.81. The van der Waals surface area contributed by atoms with E-state index in [0.717, 1.165) is 35.5 Å². The number of nitriles is 1. The monoisotopic (exact) mass is 258 g/mol. The van der Waals surface area contributed by atoms with Crippen LogP contribution in [-0.4, -0.2) is 4.98 Å². The Morgan fingerprint density at radius 1 is 1.33 bits per heavy atom. The Morgan fingerprint density at radius 3 is 2.67 bits per heavy atom. The highest BCUT2D eigenvalue weighted by molar-refractivity contribution is 7.09. The van der Waals surface area contributed by atoms with Gasteiger partial charge in [-0.25, -0.2) is 9.37 Å². The highest BCUT2D eigenvalue weighted by atomic mass is 32.1. The fourth-order valence-corrected chi connectivity index (χ4v) is 2.86. The van der Waals surface area contributed by atoms with Crippen LogP contribution in [0, 0.1) is 22.6 Å². The molecule has 90 valence electrons. The maximum absolute atomic E-state index is 12.8. The first-order valence-electron chi connectivity index (χ1n) is 5.82. The lowest BCUT2D eigenvalue weighted by atomic mass is 10.1. The summed E-state index contributed by atoms with van der Waals surface area (Å²) in [5.74, 6) is -0.240. The molecule has 4 heteroatoms. The second kappa shape index (κ2) is 4.18. The number of halogens is 1. The van der Waals surface area contributed by atoms with E-state index in [1.165, 1.54) is 12.1 Å². The molecule has 0 unspecified atom stereocenters. The van der Waals surface area contributed by atoms with Gasteiger partial charge in [0.15, 0.2) is 0 Å². The average molecular weight is 258 g/mol. The molecule has 0 spiro atoms. The SMILES string of the molecule is N#CC1(Cc2nc(-c3ccc(F)cc3)cs2)CC1. The van der Waals surface area contributed by atoms with Gasteiger partial charge in [0.1, 0.15) is 5.82 Å². The van der Waals surface area contributed by atoms with Crippen molar-refractivity contribution in [2.75, 3.05) is 0 Å². The molecule has 0 amide bonds. The summed E-state index contributed by atoms with van der Waals surface area (Å²) in [6.45, 7) is 0. The third-order valence-corrected chi connectivity index (χ3v) is 4.12. The molecule has 2 nitrogen and oxygen atoms in total. The summed E-state index contributed by atoms with van der Waals surface area (Å²) in [7, 11) is 0. The second-order valence-electron chi connectivity index (χ2n) is 4.70. The summed E-state index contributed by atoms with van der Waals surface area (Å²) >= 11 is 1.57. The van der Waals surface area contributed by atoms with E-state index < -0.39 is 0 Å². The normalized spacial score (nSPS) is 16.2. The van der Waals surface area contributed by atoms with Crippen LogP contribution in [0.4, 0.5) is 4.39 Å². The number of aromatic nitrogens is 1. The van der Waals surface area contributed by atoms with Crippen LogP contribution in [0.15, 0.2) is 29.6 Å². The summed E-state index contributed by atoms with van der Waals surface area (Å²) in [5, 5.41) is 12.0. The molecule has 0 saturated heterocycles. The van der Waals surface area contributed by atoms with Gasteiger partial charge >= 0.3 is 0 Å². The number of rotatable bonds is 3. The van der Waals surface area contributed by atoms with Crippen LogP contribution in [0.1, 0.15) is 17.8 Å². The van der Waals surface area contributed by atoms with Crippen LogP contribution in [0.3, 0.4) is 0 Å². The van der Waals surface area contributed by atoms with Gasteiger partial charge in [-0.3, -0.25) is 0 Å². The van der Waals surface area contributed by atoms with Gasteiger partial charge in [0.2, 0.25) is 0 Å². The minimum absolute atomic E-state index is 0.155. The van der Waals surface area contributed by atoms with E-state index in [2.05, 4.69) is 11.1 Å². The van der Waals surface area contributed by atoms with Crippen LogP contribution in [-0.2, 0) is 6.42 Å². The van der Waals surface area contributed by atoms with Crippen LogP contribution >= 0.6 is 11.3 Å². The molecule has 1 fully saturated rings. The maximum Gasteiger partial charge on any atom is 0.123 e. The number of thiazole rings is 1. The fourth-order valence-electron chi connectivity index (χ4n) is 1.91. The van der Waals surface area contributed by atoms with Gasteiger partial charge in [-0.2, -0.15) is 5.26 Å². The van der Waals surface area contributed by atoms with Crippen LogP contribution in [0.2, 0.25) is 0 Å². The number of hydrogen-bond acceptors (Lipinski definition) is 3. The molecule has 1 aliphatic rings. The summed E-state index contributed by atoms with van der Waals surface area (Å²) in [4.78, 5) is 4.53. The molecule has 1 aromatic heterocycles. The quantitative estimate of drug-likeness (QED) is 0.839. The molecule has 18 heavy (non-hydrogen) atoms. The van der Waals surface area contributed by atoms with Crippen molar-refractivity contribution in [2.24, 2.45) is 5.41 Å². The molecule has 0 bridgehead atoms. The Hall–Kier alpha value is -1.73. The van der Waals surface area contributed by atoms with Gasteiger partial charge in [-0.05, 0) is 37.1 Å². The summed E-state index contributed by atoms with van der Waals surface area (Å²) in [6.07, 6.45) is 2.71.